The molecule has 2 heterocycles. The Morgan fingerprint density at radius 2 is 2.10 bits per heavy atom. The molecule has 2 fully saturated rings. The number of ether oxygens (including phenoxy) is 1. The molecule has 8 heteroatoms. The van der Waals surface area contributed by atoms with E-state index in [-0.39, 0.29) is 35.9 Å². The van der Waals surface area contributed by atoms with E-state index in [2.05, 4.69) is 5.32 Å². The average molecular weight is 337 g/mol. The van der Waals surface area contributed by atoms with E-state index in [1.807, 2.05) is 0 Å². The van der Waals surface area contributed by atoms with Crippen LogP contribution in [-0.4, -0.2) is 51.1 Å². The van der Waals surface area contributed by atoms with Gasteiger partial charge in [-0.15, -0.1) is 12.4 Å². The fourth-order valence-corrected chi connectivity index (χ4v) is 4.57. The van der Waals surface area contributed by atoms with E-state index in [0.717, 1.165) is 0 Å². The van der Waals surface area contributed by atoms with Gasteiger partial charge in [0.05, 0.1) is 24.5 Å². The van der Waals surface area contributed by atoms with Crippen molar-refractivity contribution in [3.63, 3.8) is 0 Å². The summed E-state index contributed by atoms with van der Waals surface area (Å²) in [5, 5.41) is 3.14. The molecular formula is C13H18ClFN2O3S. The Hall–Kier alpha value is -0.730. The standard InChI is InChI=1S/C13H17FN2O3S.ClH/c14-11-4-2-1-3-10(11)9-20(17,18)16-5-6-19-13-8-15-7-12(13)16;/h1-4,12-13,15H,5-9H2;1H/t12-,13+;/m1./s1. The molecule has 118 valence electrons. The van der Waals surface area contributed by atoms with Crippen LogP contribution >= 0.6 is 12.4 Å². The Bertz CT molecular complexity index is 599. The molecule has 0 radical (unpaired) electrons. The van der Waals surface area contributed by atoms with Gasteiger partial charge in [-0.25, -0.2) is 12.8 Å². The maximum Gasteiger partial charge on any atom is 0.218 e. The van der Waals surface area contributed by atoms with Gasteiger partial charge < -0.3 is 10.1 Å². The van der Waals surface area contributed by atoms with Crippen LogP contribution in [0.15, 0.2) is 24.3 Å². The highest BCUT2D eigenvalue weighted by atomic mass is 35.5. The Labute approximate surface area is 129 Å². The summed E-state index contributed by atoms with van der Waals surface area (Å²) in [6, 6.07) is 5.81. The number of hydrogen-bond donors (Lipinski definition) is 1. The lowest BCUT2D eigenvalue weighted by Gasteiger charge is -2.35. The Kier molecular flexibility index (Phi) is 5.21. The third kappa shape index (κ3) is 3.37. The Morgan fingerprint density at radius 1 is 1.33 bits per heavy atom. The van der Waals surface area contributed by atoms with Gasteiger partial charge in [0, 0.05) is 25.2 Å². The molecule has 5 nitrogen and oxygen atoms in total. The van der Waals surface area contributed by atoms with Crippen molar-refractivity contribution in [2.45, 2.75) is 17.9 Å². The molecule has 2 aliphatic heterocycles. The molecule has 0 amide bonds. The van der Waals surface area contributed by atoms with Crippen molar-refractivity contribution < 1.29 is 17.5 Å². The molecule has 2 atom stereocenters. The molecule has 0 aromatic heterocycles. The van der Waals surface area contributed by atoms with Gasteiger partial charge in [0.1, 0.15) is 5.82 Å². The van der Waals surface area contributed by atoms with Crippen molar-refractivity contribution in [2.75, 3.05) is 26.2 Å². The smallest absolute Gasteiger partial charge is 0.218 e. The minimum absolute atomic E-state index is 0. The first kappa shape index (κ1) is 16.6. The highest BCUT2D eigenvalue weighted by molar-refractivity contribution is 7.88. The number of halogens is 2. The zero-order valence-corrected chi connectivity index (χ0v) is 13.0. The maximum atomic E-state index is 13.6. The van der Waals surface area contributed by atoms with E-state index in [0.29, 0.717) is 26.2 Å². The zero-order chi connectivity index (χ0) is 14.2. The highest BCUT2D eigenvalue weighted by Crippen LogP contribution is 2.23. The van der Waals surface area contributed by atoms with Crippen LogP contribution in [0.25, 0.3) is 0 Å². The third-order valence-corrected chi connectivity index (χ3v) is 5.64. The van der Waals surface area contributed by atoms with Gasteiger partial charge in [-0.2, -0.15) is 4.31 Å². The average Bonchev–Trinajstić information content (AvgIpc) is 2.89. The van der Waals surface area contributed by atoms with Crippen molar-refractivity contribution in [3.8, 4) is 0 Å². The lowest BCUT2D eigenvalue weighted by Crippen LogP contribution is -2.53. The maximum absolute atomic E-state index is 13.6. The number of morpholine rings is 1. The van der Waals surface area contributed by atoms with Crippen molar-refractivity contribution in [3.05, 3.63) is 35.6 Å². The predicted octanol–water partition coefficient (Wildman–Crippen LogP) is 0.750. The lowest BCUT2D eigenvalue weighted by molar-refractivity contribution is -0.0149. The normalized spacial score (nSPS) is 26.1. The number of nitrogens with zero attached hydrogens (tertiary/aromatic N) is 1. The van der Waals surface area contributed by atoms with Crippen molar-refractivity contribution in [1.82, 2.24) is 9.62 Å². The van der Waals surface area contributed by atoms with Gasteiger partial charge in [0.15, 0.2) is 0 Å². The van der Waals surface area contributed by atoms with Crippen LogP contribution in [-0.2, 0) is 20.5 Å². The molecule has 3 rings (SSSR count). The van der Waals surface area contributed by atoms with Crippen molar-refractivity contribution >= 4 is 22.4 Å². The van der Waals surface area contributed by atoms with Crippen LogP contribution in [0.4, 0.5) is 4.39 Å². The van der Waals surface area contributed by atoms with E-state index >= 15 is 0 Å². The highest BCUT2D eigenvalue weighted by Gasteiger charge is 2.41. The summed E-state index contributed by atoms with van der Waals surface area (Å²) in [5.41, 5.74) is 0.210. The van der Waals surface area contributed by atoms with Crippen LogP contribution in [0, 0.1) is 5.82 Å². The fraction of sp³-hybridized carbons (Fsp3) is 0.538. The SMILES string of the molecule is Cl.O=S(=O)(Cc1ccccc1F)N1CCO[C@H]2CNC[C@H]21. The quantitative estimate of drug-likeness (QED) is 0.885. The summed E-state index contributed by atoms with van der Waals surface area (Å²) in [6.07, 6.45) is -0.0980. The first-order valence-electron chi connectivity index (χ1n) is 6.63. The number of rotatable bonds is 3. The molecule has 0 spiro atoms. The van der Waals surface area contributed by atoms with Gasteiger partial charge in [-0.1, -0.05) is 18.2 Å². The molecule has 2 saturated heterocycles. The number of sulfonamides is 1. The largest absolute Gasteiger partial charge is 0.374 e. The van der Waals surface area contributed by atoms with E-state index in [1.165, 1.54) is 16.4 Å². The molecule has 1 N–H and O–H groups in total. The van der Waals surface area contributed by atoms with Crippen molar-refractivity contribution in [2.24, 2.45) is 0 Å². The summed E-state index contributed by atoms with van der Waals surface area (Å²) in [5.74, 6) is -0.784. The van der Waals surface area contributed by atoms with E-state index in [9.17, 15) is 12.8 Å². The molecule has 0 saturated carbocycles. The first-order valence-corrected chi connectivity index (χ1v) is 8.24. The number of benzene rings is 1. The van der Waals surface area contributed by atoms with E-state index < -0.39 is 15.8 Å². The molecule has 1 aromatic rings. The topological polar surface area (TPSA) is 58.6 Å². The van der Waals surface area contributed by atoms with Crippen LogP contribution in [0.2, 0.25) is 0 Å². The molecule has 0 unspecified atom stereocenters. The van der Waals surface area contributed by atoms with Gasteiger partial charge in [0.25, 0.3) is 0 Å². The summed E-state index contributed by atoms with van der Waals surface area (Å²) in [6.45, 7) is 1.97. The fourth-order valence-electron chi connectivity index (χ4n) is 2.80. The minimum atomic E-state index is -3.54. The van der Waals surface area contributed by atoms with Crippen LogP contribution in [0.3, 0.4) is 0 Å². The van der Waals surface area contributed by atoms with Gasteiger partial charge >= 0.3 is 0 Å². The van der Waals surface area contributed by atoms with Gasteiger partial charge in [-0.05, 0) is 6.07 Å². The lowest BCUT2D eigenvalue weighted by atomic mass is 10.2. The second-order valence-corrected chi connectivity index (χ2v) is 7.01. The summed E-state index contributed by atoms with van der Waals surface area (Å²) >= 11 is 0. The van der Waals surface area contributed by atoms with Gasteiger partial charge in [0.2, 0.25) is 10.0 Å². The van der Waals surface area contributed by atoms with Crippen LogP contribution in [0.1, 0.15) is 5.56 Å². The predicted molar refractivity (Wildman–Crippen MR) is 79.4 cm³/mol. The third-order valence-electron chi connectivity index (χ3n) is 3.79. The molecule has 2 aliphatic rings. The molecule has 1 aromatic carbocycles. The summed E-state index contributed by atoms with van der Waals surface area (Å²) in [7, 11) is -3.54. The summed E-state index contributed by atoms with van der Waals surface area (Å²) < 4.78 is 45.7. The minimum Gasteiger partial charge on any atom is -0.374 e. The molecular weight excluding hydrogens is 319 g/mol. The zero-order valence-electron chi connectivity index (χ0n) is 11.4. The Morgan fingerprint density at radius 3 is 2.86 bits per heavy atom. The van der Waals surface area contributed by atoms with E-state index in [1.54, 1.807) is 12.1 Å². The first-order chi connectivity index (χ1) is 9.58. The molecule has 0 aliphatic carbocycles. The monoisotopic (exact) mass is 336 g/mol. The second kappa shape index (κ2) is 6.58. The van der Waals surface area contributed by atoms with Crippen molar-refractivity contribution in [1.29, 1.82) is 0 Å². The number of fused-ring (bicyclic) bond motifs is 1. The number of hydrogen-bond acceptors (Lipinski definition) is 4. The molecule has 21 heavy (non-hydrogen) atoms. The summed E-state index contributed by atoms with van der Waals surface area (Å²) in [4.78, 5) is 0. The molecule has 0 bridgehead atoms. The van der Waals surface area contributed by atoms with Gasteiger partial charge in [-0.3, -0.25) is 0 Å². The van der Waals surface area contributed by atoms with Crippen LogP contribution in [0.5, 0.6) is 0 Å². The van der Waals surface area contributed by atoms with Crippen LogP contribution < -0.4 is 5.32 Å². The van der Waals surface area contributed by atoms with E-state index in [4.69, 9.17) is 4.74 Å². The second-order valence-electron chi connectivity index (χ2n) is 5.09. The Balaban J connectivity index is 0.00000161. The number of nitrogens with one attached hydrogen (secondary N) is 1.